The van der Waals surface area contributed by atoms with E-state index in [-0.39, 0.29) is 18.5 Å². The van der Waals surface area contributed by atoms with Gasteiger partial charge in [-0.1, -0.05) is 13.8 Å². The Morgan fingerprint density at radius 1 is 1.35 bits per heavy atom. The molecule has 8 heteroatoms. The topological polar surface area (TPSA) is 92.5 Å². The van der Waals surface area contributed by atoms with Gasteiger partial charge in [0.2, 0.25) is 5.91 Å². The summed E-state index contributed by atoms with van der Waals surface area (Å²) in [6, 6.07) is 3.17. The van der Waals surface area contributed by atoms with Gasteiger partial charge >= 0.3 is 0 Å². The molecule has 1 amide bonds. The average Bonchev–Trinajstić information content (AvgIpc) is 2.94. The van der Waals surface area contributed by atoms with E-state index in [1.807, 2.05) is 13.8 Å². The summed E-state index contributed by atoms with van der Waals surface area (Å²) in [4.78, 5) is 12.5. The Hall–Kier alpha value is -0.960. The number of carbonyl (C=O) groups excluding carboxylic acids is 1. The number of carbonyl (C=O) groups is 1. The molecule has 1 aromatic heterocycles. The van der Waals surface area contributed by atoms with Crippen LogP contribution >= 0.6 is 11.3 Å². The van der Waals surface area contributed by atoms with Gasteiger partial charge in [0, 0.05) is 37.5 Å². The van der Waals surface area contributed by atoms with E-state index in [4.69, 9.17) is 5.73 Å². The average molecular weight is 362 g/mol. The van der Waals surface area contributed by atoms with Gasteiger partial charge in [-0.05, 0) is 31.4 Å². The van der Waals surface area contributed by atoms with Gasteiger partial charge < -0.3 is 11.1 Å². The predicted octanol–water partition coefficient (Wildman–Crippen LogP) is 1.42. The summed E-state index contributed by atoms with van der Waals surface area (Å²) < 4.78 is 26.5. The molecule has 1 atom stereocenters. The highest BCUT2D eigenvalue weighted by Gasteiger charge is 2.26. The molecule has 0 aliphatic heterocycles. The Labute approximate surface area is 143 Å². The van der Waals surface area contributed by atoms with Gasteiger partial charge in [-0.3, -0.25) is 4.79 Å². The van der Waals surface area contributed by atoms with E-state index < -0.39 is 10.0 Å². The molecule has 0 fully saturated rings. The summed E-state index contributed by atoms with van der Waals surface area (Å²) in [5, 5.41) is 2.85. The molecule has 0 aliphatic carbocycles. The molecule has 0 bridgehead atoms. The predicted molar refractivity (Wildman–Crippen MR) is 94.0 cm³/mol. The highest BCUT2D eigenvalue weighted by atomic mass is 32.2. The van der Waals surface area contributed by atoms with Crippen LogP contribution in [0.15, 0.2) is 16.3 Å². The van der Waals surface area contributed by atoms with Crippen molar-refractivity contribution in [2.75, 3.05) is 20.1 Å². The standard InChI is InChI=1S/C15H27N3O3S2/c1-11(2)9-14(19)17-8-7-13-5-6-15(22-13)23(20,21)18(4)12(3)10-16/h5-6,11-12H,7-10,16H2,1-4H3,(H,17,19). The first kappa shape index (κ1) is 20.1. The highest BCUT2D eigenvalue weighted by molar-refractivity contribution is 7.91. The van der Waals surface area contributed by atoms with Crippen LogP contribution < -0.4 is 11.1 Å². The molecule has 6 nitrogen and oxygen atoms in total. The number of likely N-dealkylation sites (N-methyl/N-ethyl adjacent to an activating group) is 1. The van der Waals surface area contributed by atoms with Crippen molar-refractivity contribution in [3.63, 3.8) is 0 Å². The normalized spacial score (nSPS) is 13.5. The van der Waals surface area contributed by atoms with Gasteiger partial charge in [-0.15, -0.1) is 11.3 Å². The number of rotatable bonds is 9. The monoisotopic (exact) mass is 361 g/mol. The largest absolute Gasteiger partial charge is 0.356 e. The molecule has 0 spiro atoms. The third-order valence-electron chi connectivity index (χ3n) is 3.52. The number of nitrogens with two attached hydrogens (primary N) is 1. The molecule has 1 heterocycles. The number of sulfonamides is 1. The minimum Gasteiger partial charge on any atom is -0.356 e. The minimum atomic E-state index is -3.50. The summed E-state index contributed by atoms with van der Waals surface area (Å²) in [6.45, 7) is 6.55. The second-order valence-electron chi connectivity index (χ2n) is 6.02. The lowest BCUT2D eigenvalue weighted by molar-refractivity contribution is -0.121. The maximum absolute atomic E-state index is 12.5. The van der Waals surface area contributed by atoms with Crippen LogP contribution in [0.1, 0.15) is 32.1 Å². The van der Waals surface area contributed by atoms with Gasteiger partial charge in [0.05, 0.1) is 0 Å². The fourth-order valence-corrected chi connectivity index (χ4v) is 4.84. The van der Waals surface area contributed by atoms with Gasteiger partial charge in [0.25, 0.3) is 10.0 Å². The van der Waals surface area contributed by atoms with Crippen LogP contribution in [0.5, 0.6) is 0 Å². The Morgan fingerprint density at radius 3 is 2.57 bits per heavy atom. The van der Waals surface area contributed by atoms with Crippen molar-refractivity contribution in [2.24, 2.45) is 11.7 Å². The lowest BCUT2D eigenvalue weighted by atomic mass is 10.1. The minimum absolute atomic E-state index is 0.0286. The van der Waals surface area contributed by atoms with Gasteiger partial charge in [-0.25, -0.2) is 8.42 Å². The summed E-state index contributed by atoms with van der Waals surface area (Å²) in [6.07, 6.45) is 1.13. The number of thiophene rings is 1. The molecule has 132 valence electrons. The number of nitrogens with one attached hydrogen (secondary N) is 1. The van der Waals surface area contributed by atoms with E-state index in [2.05, 4.69) is 5.32 Å². The van der Waals surface area contributed by atoms with E-state index >= 15 is 0 Å². The van der Waals surface area contributed by atoms with Crippen LogP contribution in [0, 0.1) is 5.92 Å². The van der Waals surface area contributed by atoms with Gasteiger partial charge in [0.1, 0.15) is 4.21 Å². The first-order valence-corrected chi connectivity index (χ1v) is 9.97. The maximum atomic E-state index is 12.5. The summed E-state index contributed by atoms with van der Waals surface area (Å²) >= 11 is 1.24. The molecule has 0 saturated carbocycles. The zero-order chi connectivity index (χ0) is 17.6. The van der Waals surface area contributed by atoms with Crippen molar-refractivity contribution in [3.05, 3.63) is 17.0 Å². The Bertz CT molecular complexity index is 611. The van der Waals surface area contributed by atoms with Gasteiger partial charge in [-0.2, -0.15) is 4.31 Å². The maximum Gasteiger partial charge on any atom is 0.252 e. The third kappa shape index (κ3) is 5.87. The first-order chi connectivity index (χ1) is 10.7. The van der Waals surface area contributed by atoms with Crippen LogP contribution in [0.3, 0.4) is 0 Å². The van der Waals surface area contributed by atoms with Crippen molar-refractivity contribution in [2.45, 2.75) is 43.9 Å². The molecule has 1 rings (SSSR count). The van der Waals surface area contributed by atoms with Crippen molar-refractivity contribution >= 4 is 27.3 Å². The number of hydrogen-bond acceptors (Lipinski definition) is 5. The summed E-state index contributed by atoms with van der Waals surface area (Å²) in [7, 11) is -1.96. The molecule has 3 N–H and O–H groups in total. The van der Waals surface area contributed by atoms with Crippen LogP contribution in [-0.4, -0.2) is 44.8 Å². The van der Waals surface area contributed by atoms with Gasteiger partial charge in [0.15, 0.2) is 0 Å². The zero-order valence-corrected chi connectivity index (χ0v) is 15.8. The van der Waals surface area contributed by atoms with Crippen molar-refractivity contribution < 1.29 is 13.2 Å². The second-order valence-corrected chi connectivity index (χ2v) is 9.42. The van der Waals surface area contributed by atoms with E-state index in [0.29, 0.717) is 29.5 Å². The lowest BCUT2D eigenvalue weighted by Gasteiger charge is -2.21. The highest BCUT2D eigenvalue weighted by Crippen LogP contribution is 2.25. The molecule has 1 aromatic rings. The van der Waals surface area contributed by atoms with Crippen LogP contribution in [0.2, 0.25) is 0 Å². The van der Waals surface area contributed by atoms with Crippen LogP contribution in [-0.2, 0) is 21.2 Å². The quantitative estimate of drug-likeness (QED) is 0.696. The van der Waals surface area contributed by atoms with E-state index in [1.54, 1.807) is 26.1 Å². The first-order valence-electron chi connectivity index (χ1n) is 7.72. The van der Waals surface area contributed by atoms with Crippen molar-refractivity contribution in [1.82, 2.24) is 9.62 Å². The Kier molecular flexibility index (Phi) is 7.66. The molecule has 0 saturated heterocycles. The molecule has 0 aliphatic rings. The van der Waals surface area contributed by atoms with Crippen LogP contribution in [0.4, 0.5) is 0 Å². The molecular weight excluding hydrogens is 334 g/mol. The van der Waals surface area contributed by atoms with E-state index in [9.17, 15) is 13.2 Å². The molecule has 0 radical (unpaired) electrons. The second kappa shape index (κ2) is 8.77. The van der Waals surface area contributed by atoms with E-state index in [1.165, 1.54) is 15.6 Å². The number of nitrogens with zero attached hydrogens (tertiary/aromatic N) is 1. The summed E-state index contributed by atoms with van der Waals surface area (Å²) in [5.74, 6) is 0.356. The number of hydrogen-bond donors (Lipinski definition) is 2. The smallest absolute Gasteiger partial charge is 0.252 e. The summed E-state index contributed by atoms with van der Waals surface area (Å²) in [5.41, 5.74) is 5.54. The molecule has 0 aromatic carbocycles. The van der Waals surface area contributed by atoms with Crippen molar-refractivity contribution in [1.29, 1.82) is 0 Å². The van der Waals surface area contributed by atoms with E-state index in [0.717, 1.165) is 4.88 Å². The molecule has 1 unspecified atom stereocenters. The zero-order valence-electron chi connectivity index (χ0n) is 14.2. The van der Waals surface area contributed by atoms with Crippen LogP contribution in [0.25, 0.3) is 0 Å². The molecule has 23 heavy (non-hydrogen) atoms. The number of amides is 1. The third-order valence-corrected chi connectivity index (χ3v) is 7.10. The Morgan fingerprint density at radius 2 is 2.00 bits per heavy atom. The fourth-order valence-electron chi connectivity index (χ4n) is 1.93. The SMILES string of the molecule is CC(C)CC(=O)NCCc1ccc(S(=O)(=O)N(C)C(C)CN)s1. The molecular formula is C15H27N3O3S2. The Balaban J connectivity index is 2.63. The fraction of sp³-hybridized carbons (Fsp3) is 0.667. The van der Waals surface area contributed by atoms with Crippen molar-refractivity contribution in [3.8, 4) is 0 Å². The lowest BCUT2D eigenvalue weighted by Crippen LogP contribution is -2.39.